The van der Waals surface area contributed by atoms with Gasteiger partial charge in [-0.2, -0.15) is 0 Å². The van der Waals surface area contributed by atoms with Crippen LogP contribution in [0.3, 0.4) is 0 Å². The van der Waals surface area contributed by atoms with Crippen molar-refractivity contribution >= 4 is 11.7 Å². The van der Waals surface area contributed by atoms with Crippen molar-refractivity contribution in [3.05, 3.63) is 0 Å². The van der Waals surface area contributed by atoms with Gasteiger partial charge in [-0.25, -0.2) is 0 Å². The summed E-state index contributed by atoms with van der Waals surface area (Å²) in [5.74, 6) is 0.605. The van der Waals surface area contributed by atoms with Gasteiger partial charge in [-0.1, -0.05) is 251 Å². The number of aliphatic hydroxyl groups excluding tert-OH is 1. The van der Waals surface area contributed by atoms with Crippen LogP contribution in [0.15, 0.2) is 0 Å². The van der Waals surface area contributed by atoms with E-state index in [1.165, 1.54) is 225 Å². The van der Waals surface area contributed by atoms with Crippen LogP contribution in [0, 0.1) is 0 Å². The first-order valence-corrected chi connectivity index (χ1v) is 25.1. The molecule has 0 spiro atoms. The summed E-state index contributed by atoms with van der Waals surface area (Å²) >= 11 is 0. The van der Waals surface area contributed by atoms with E-state index in [4.69, 9.17) is 0 Å². The number of unbranched alkanes of at least 4 members (excludes halogenated alkanes) is 37. The summed E-state index contributed by atoms with van der Waals surface area (Å²) < 4.78 is 0. The first-order valence-electron chi connectivity index (χ1n) is 25.1. The normalized spacial score (nSPS) is 12.1. The number of aliphatic hydroxyl groups is 1. The van der Waals surface area contributed by atoms with E-state index < -0.39 is 6.10 Å². The highest BCUT2D eigenvalue weighted by atomic mass is 16.3. The molecule has 0 bridgehead atoms. The maximum atomic E-state index is 12.2. The average molecular weight is 762 g/mol. The first kappa shape index (κ1) is 53.1. The fourth-order valence-corrected chi connectivity index (χ4v) is 8.01. The van der Waals surface area contributed by atoms with E-state index in [1.807, 2.05) is 0 Å². The molecule has 0 rings (SSSR count). The molecule has 0 aliphatic rings. The molecule has 54 heavy (non-hydrogen) atoms. The molecular weight excluding hydrogens is 663 g/mol. The van der Waals surface area contributed by atoms with Crippen LogP contribution < -0.4 is 5.32 Å². The summed E-state index contributed by atoms with van der Waals surface area (Å²) in [6.07, 6.45) is 55.5. The summed E-state index contributed by atoms with van der Waals surface area (Å²) in [6, 6.07) is 0. The van der Waals surface area contributed by atoms with Gasteiger partial charge in [-0.3, -0.25) is 9.59 Å². The third-order valence-electron chi connectivity index (χ3n) is 11.8. The van der Waals surface area contributed by atoms with Gasteiger partial charge < -0.3 is 10.4 Å². The molecule has 0 aliphatic heterocycles. The molecule has 0 aliphatic carbocycles. The second-order valence-electron chi connectivity index (χ2n) is 17.5. The Bertz CT molecular complexity index is 739. The molecule has 0 heterocycles. The number of hydrogen-bond donors (Lipinski definition) is 2. The number of Topliss-reactive ketones (excluding diaryl/α,β-unsaturated/α-hetero) is 1. The topological polar surface area (TPSA) is 66.4 Å². The third kappa shape index (κ3) is 45.5. The molecule has 0 aromatic rings. The smallest absolute Gasteiger partial charge is 0.220 e. The SMILES string of the molecule is CCCCCCCCCCCCCCCCC(O)CNC(=O)CCCCCCCCCCCCCCCC(=O)CCCCCCCCCCCCCCC. The van der Waals surface area contributed by atoms with Gasteiger partial charge in [-0.15, -0.1) is 0 Å². The van der Waals surface area contributed by atoms with E-state index in [0.29, 0.717) is 18.7 Å². The summed E-state index contributed by atoms with van der Waals surface area (Å²) in [5, 5.41) is 13.2. The third-order valence-corrected chi connectivity index (χ3v) is 11.8. The predicted molar refractivity (Wildman–Crippen MR) is 239 cm³/mol. The Kier molecular flexibility index (Phi) is 45.7. The maximum absolute atomic E-state index is 12.2. The zero-order valence-corrected chi connectivity index (χ0v) is 37.2. The van der Waals surface area contributed by atoms with Crippen molar-refractivity contribution in [1.82, 2.24) is 5.32 Å². The van der Waals surface area contributed by atoms with E-state index in [1.54, 1.807) is 0 Å². The van der Waals surface area contributed by atoms with E-state index in [9.17, 15) is 14.7 Å². The van der Waals surface area contributed by atoms with Crippen molar-refractivity contribution in [2.24, 2.45) is 0 Å². The number of nitrogens with one attached hydrogen (secondary N) is 1. The number of ketones is 1. The average Bonchev–Trinajstić information content (AvgIpc) is 3.17. The fraction of sp³-hybridized carbons (Fsp3) is 0.960. The molecule has 0 aromatic heterocycles. The monoisotopic (exact) mass is 762 g/mol. The molecule has 0 radical (unpaired) electrons. The van der Waals surface area contributed by atoms with Gasteiger partial charge in [0.2, 0.25) is 5.91 Å². The Morgan fingerprint density at radius 1 is 0.352 bits per heavy atom. The molecule has 0 saturated carbocycles. The Hall–Kier alpha value is -0.900. The van der Waals surface area contributed by atoms with Crippen LogP contribution in [0.5, 0.6) is 0 Å². The van der Waals surface area contributed by atoms with E-state index in [2.05, 4.69) is 19.2 Å². The van der Waals surface area contributed by atoms with Crippen LogP contribution in [0.25, 0.3) is 0 Å². The molecule has 0 aromatic carbocycles. The lowest BCUT2D eigenvalue weighted by Crippen LogP contribution is -2.31. The number of carbonyl (C=O) groups is 2. The molecule has 0 fully saturated rings. The number of hydrogen-bond acceptors (Lipinski definition) is 3. The second kappa shape index (κ2) is 46.5. The Labute approximate surface area is 339 Å². The minimum Gasteiger partial charge on any atom is -0.391 e. The van der Waals surface area contributed by atoms with Crippen LogP contribution in [-0.4, -0.2) is 29.4 Å². The number of amides is 1. The maximum Gasteiger partial charge on any atom is 0.220 e. The van der Waals surface area contributed by atoms with Crippen LogP contribution in [0.4, 0.5) is 0 Å². The standard InChI is InChI=1S/C50H99NO3/c1-3-5-7-9-11-13-15-17-20-25-29-33-37-41-45-49(53)47-51-50(54)46-42-38-34-30-26-22-18-21-24-28-32-36-40-44-48(52)43-39-35-31-27-23-19-16-14-12-10-8-6-4-2/h49,53H,3-47H2,1-2H3,(H,51,54). The van der Waals surface area contributed by atoms with Crippen molar-refractivity contribution in [1.29, 1.82) is 0 Å². The largest absolute Gasteiger partial charge is 0.391 e. The molecule has 1 amide bonds. The summed E-state index contributed by atoms with van der Waals surface area (Å²) in [7, 11) is 0. The molecule has 0 saturated heterocycles. The Morgan fingerprint density at radius 3 is 0.889 bits per heavy atom. The van der Waals surface area contributed by atoms with Gasteiger partial charge in [-0.05, 0) is 25.7 Å². The molecule has 4 nitrogen and oxygen atoms in total. The van der Waals surface area contributed by atoms with E-state index >= 15 is 0 Å². The zero-order valence-electron chi connectivity index (χ0n) is 37.2. The molecule has 4 heteroatoms. The van der Waals surface area contributed by atoms with Crippen LogP contribution >= 0.6 is 0 Å². The molecule has 1 atom stereocenters. The van der Waals surface area contributed by atoms with Gasteiger partial charge in [0, 0.05) is 25.8 Å². The Balaban J connectivity index is 3.29. The molecule has 1 unspecified atom stereocenters. The highest BCUT2D eigenvalue weighted by Gasteiger charge is 2.07. The van der Waals surface area contributed by atoms with E-state index in [-0.39, 0.29) is 5.91 Å². The lowest BCUT2D eigenvalue weighted by molar-refractivity contribution is -0.121. The second-order valence-corrected chi connectivity index (χ2v) is 17.5. The Morgan fingerprint density at radius 2 is 0.593 bits per heavy atom. The predicted octanol–water partition coefficient (Wildman–Crippen LogP) is 16.2. The van der Waals surface area contributed by atoms with Gasteiger partial charge in [0.25, 0.3) is 0 Å². The van der Waals surface area contributed by atoms with Crippen LogP contribution in [0.2, 0.25) is 0 Å². The first-order chi connectivity index (χ1) is 26.6. The summed E-state index contributed by atoms with van der Waals surface area (Å²) in [6.45, 7) is 4.98. The fourth-order valence-electron chi connectivity index (χ4n) is 8.01. The highest BCUT2D eigenvalue weighted by molar-refractivity contribution is 5.78. The summed E-state index contributed by atoms with van der Waals surface area (Å²) in [4.78, 5) is 24.4. The van der Waals surface area contributed by atoms with Gasteiger partial charge in [0.15, 0.2) is 0 Å². The van der Waals surface area contributed by atoms with Crippen molar-refractivity contribution in [3.8, 4) is 0 Å². The van der Waals surface area contributed by atoms with Crippen LogP contribution in [0.1, 0.15) is 296 Å². The van der Waals surface area contributed by atoms with Gasteiger partial charge in [0.05, 0.1) is 6.10 Å². The molecule has 322 valence electrons. The van der Waals surface area contributed by atoms with Crippen LogP contribution in [-0.2, 0) is 9.59 Å². The van der Waals surface area contributed by atoms with Crippen molar-refractivity contribution < 1.29 is 14.7 Å². The lowest BCUT2D eigenvalue weighted by Gasteiger charge is -2.12. The highest BCUT2D eigenvalue weighted by Crippen LogP contribution is 2.17. The minimum absolute atomic E-state index is 0.103. The zero-order chi connectivity index (χ0) is 39.3. The minimum atomic E-state index is -0.398. The molecule has 2 N–H and O–H groups in total. The van der Waals surface area contributed by atoms with E-state index in [0.717, 1.165) is 51.4 Å². The lowest BCUT2D eigenvalue weighted by atomic mass is 10.0. The summed E-state index contributed by atoms with van der Waals surface area (Å²) in [5.41, 5.74) is 0. The number of carbonyl (C=O) groups excluding carboxylic acids is 2. The van der Waals surface area contributed by atoms with Crippen molar-refractivity contribution in [3.63, 3.8) is 0 Å². The van der Waals surface area contributed by atoms with Gasteiger partial charge in [0.1, 0.15) is 5.78 Å². The number of rotatable bonds is 47. The molecular formula is C50H99NO3. The van der Waals surface area contributed by atoms with Crippen molar-refractivity contribution in [2.45, 2.75) is 302 Å². The van der Waals surface area contributed by atoms with Crippen molar-refractivity contribution in [2.75, 3.05) is 6.54 Å². The quantitative estimate of drug-likeness (QED) is 0.0607. The van der Waals surface area contributed by atoms with Gasteiger partial charge >= 0.3 is 0 Å².